The predicted molar refractivity (Wildman–Crippen MR) is 272 cm³/mol. The van der Waals surface area contributed by atoms with Crippen molar-refractivity contribution in [3.05, 3.63) is 213 Å². The Hall–Kier alpha value is -7.44. The molecule has 0 aliphatic carbocycles. The maximum atomic E-state index is 5.34. The predicted octanol–water partition coefficient (Wildman–Crippen LogP) is 16.8. The van der Waals surface area contributed by atoms with Gasteiger partial charge in [-0.3, -0.25) is 0 Å². The number of thiophene rings is 2. The Morgan fingerprint density at radius 2 is 1.05 bits per heavy atom. The van der Waals surface area contributed by atoms with Crippen LogP contribution in [0.5, 0.6) is 0 Å². The molecule has 63 heavy (non-hydrogen) atoms. The van der Waals surface area contributed by atoms with Crippen LogP contribution in [0.3, 0.4) is 0 Å². The monoisotopic (exact) mass is 841 g/mol. The van der Waals surface area contributed by atoms with Gasteiger partial charge in [-0.1, -0.05) is 152 Å². The Kier molecular flexibility index (Phi) is 8.99. The van der Waals surface area contributed by atoms with Crippen molar-refractivity contribution in [2.75, 3.05) is 0 Å². The summed E-state index contributed by atoms with van der Waals surface area (Å²) in [5.41, 5.74) is 11.7. The van der Waals surface area contributed by atoms with Gasteiger partial charge in [0.15, 0.2) is 0 Å². The molecule has 0 aliphatic heterocycles. The molecule has 0 saturated heterocycles. The van der Waals surface area contributed by atoms with Gasteiger partial charge in [0.05, 0.1) is 28.1 Å². The van der Waals surface area contributed by atoms with Gasteiger partial charge in [-0.05, 0) is 60.0 Å². The van der Waals surface area contributed by atoms with Crippen molar-refractivity contribution in [3.8, 4) is 50.5 Å². The molecular weight excluding hydrogens is 803 g/mol. The molecule has 0 aliphatic rings. The van der Waals surface area contributed by atoms with Crippen molar-refractivity contribution < 1.29 is 0 Å². The Balaban J connectivity index is 1.19. The van der Waals surface area contributed by atoms with Crippen molar-refractivity contribution in [3.63, 3.8) is 0 Å². The summed E-state index contributed by atoms with van der Waals surface area (Å²) in [7, 11) is 0. The van der Waals surface area contributed by atoms with Crippen LogP contribution < -0.4 is 0 Å². The number of hydrogen-bond donors (Lipinski definition) is 0. The normalized spacial score (nSPS) is 12.3. The summed E-state index contributed by atoms with van der Waals surface area (Å²) < 4.78 is 7.86. The van der Waals surface area contributed by atoms with E-state index in [1.165, 1.54) is 62.2 Å². The largest absolute Gasteiger partial charge is 0.308 e. The molecule has 0 bridgehead atoms. The smallest absolute Gasteiger partial charge is 0.136 e. The van der Waals surface area contributed by atoms with Crippen molar-refractivity contribution >= 4 is 84.8 Å². The van der Waals surface area contributed by atoms with E-state index < -0.39 is 0 Å². The maximum Gasteiger partial charge on any atom is 0.136 e. The molecule has 3 nitrogen and oxygen atoms in total. The van der Waals surface area contributed by atoms with Crippen LogP contribution in [0.25, 0.3) is 113 Å². The Morgan fingerprint density at radius 1 is 0.476 bits per heavy atom. The number of fused-ring (bicyclic) bond motifs is 11. The zero-order chi connectivity index (χ0) is 42.0. The molecule has 0 saturated carbocycles. The van der Waals surface area contributed by atoms with Crippen molar-refractivity contribution in [1.82, 2.24) is 14.5 Å². The lowest BCUT2D eigenvalue weighted by Crippen LogP contribution is -2.05. The summed E-state index contributed by atoms with van der Waals surface area (Å²) in [6, 6.07) is 66.0. The highest BCUT2D eigenvalue weighted by Crippen LogP contribution is 2.50. The lowest BCUT2D eigenvalue weighted by molar-refractivity contribution is 0.784. The van der Waals surface area contributed by atoms with Gasteiger partial charge in [0, 0.05) is 79.3 Å². The summed E-state index contributed by atoms with van der Waals surface area (Å²) in [5.74, 6) is 0.652. The molecule has 12 aromatic rings. The number of allylic oxidation sites excluding steroid dienone is 2. The summed E-state index contributed by atoms with van der Waals surface area (Å²) in [4.78, 5) is 10.5. The molecular formula is C58H39N3S2. The molecule has 1 unspecified atom stereocenters. The van der Waals surface area contributed by atoms with Gasteiger partial charge in [0.25, 0.3) is 0 Å². The average Bonchev–Trinajstić information content (AvgIpc) is 4.03. The molecule has 4 aromatic heterocycles. The maximum absolute atomic E-state index is 5.34. The van der Waals surface area contributed by atoms with E-state index in [4.69, 9.17) is 9.97 Å². The van der Waals surface area contributed by atoms with Gasteiger partial charge < -0.3 is 4.57 Å². The number of hydrogen-bond acceptors (Lipinski definition) is 4. The molecule has 4 heterocycles. The molecule has 0 radical (unpaired) electrons. The van der Waals surface area contributed by atoms with E-state index in [0.29, 0.717) is 6.42 Å². The number of aromatic nitrogens is 3. The van der Waals surface area contributed by atoms with Crippen LogP contribution in [-0.4, -0.2) is 14.5 Å². The van der Waals surface area contributed by atoms with Crippen molar-refractivity contribution in [1.29, 1.82) is 0 Å². The highest BCUT2D eigenvalue weighted by Gasteiger charge is 2.25. The highest BCUT2D eigenvalue weighted by molar-refractivity contribution is 7.30. The van der Waals surface area contributed by atoms with E-state index >= 15 is 0 Å². The van der Waals surface area contributed by atoms with E-state index in [9.17, 15) is 0 Å². The van der Waals surface area contributed by atoms with Crippen LogP contribution in [0.1, 0.15) is 18.2 Å². The Labute approximate surface area is 373 Å². The standard InChI is InChI=1S/C58H39N3S2/c1-3-18-36(4-2)58-59-47(39-23-12-7-13-24-39)35-48(60-58)40-33-45(37-19-8-5-9-20-37)55(46(34-40)38-21-10-6-11-22-38)61-49-27-16-14-25-43(49)53-50(61)31-29-41-42-30-32-52-54(57(42)63-56(41)53)44-26-15-17-28-51(44)62-52/h3-17,19-36H,1-2,18H2. The molecule has 1 atom stereocenters. The fourth-order valence-corrected chi connectivity index (χ4v) is 12.1. The van der Waals surface area contributed by atoms with Crippen molar-refractivity contribution in [2.24, 2.45) is 0 Å². The van der Waals surface area contributed by atoms with E-state index in [-0.39, 0.29) is 5.92 Å². The molecule has 8 aromatic carbocycles. The van der Waals surface area contributed by atoms with E-state index in [1.54, 1.807) is 0 Å². The van der Waals surface area contributed by atoms with Gasteiger partial charge in [0.2, 0.25) is 0 Å². The van der Waals surface area contributed by atoms with Crippen LogP contribution in [0.4, 0.5) is 0 Å². The SMILES string of the molecule is C=CCC(C=C)c1nc(-c2ccccc2)cc(-c2cc(-c3ccccc3)c(-n3c4ccccc4c4c5sc6c(ccc7sc8ccccc8c76)c5ccc43)c(-c3ccccc3)c2)n1. The summed E-state index contributed by atoms with van der Waals surface area (Å²) >= 11 is 3.82. The molecule has 0 amide bonds. The minimum absolute atomic E-state index is 0.0794. The zero-order valence-corrected chi connectivity index (χ0v) is 36.0. The fourth-order valence-electron chi connectivity index (χ4n) is 9.51. The first-order valence-corrected chi connectivity index (χ1v) is 23.0. The van der Waals surface area contributed by atoms with E-state index in [2.05, 4.69) is 194 Å². The molecule has 5 heteroatoms. The lowest BCUT2D eigenvalue weighted by atomic mass is 9.91. The first-order chi connectivity index (χ1) is 31.2. The number of benzene rings is 8. The Bertz CT molecular complexity index is 3690. The third-order valence-corrected chi connectivity index (χ3v) is 14.8. The first kappa shape index (κ1) is 37.3. The molecule has 12 rings (SSSR count). The van der Waals surface area contributed by atoms with E-state index in [1.807, 2.05) is 40.9 Å². The minimum atomic E-state index is -0.0794. The quantitative estimate of drug-likeness (QED) is 0.136. The topological polar surface area (TPSA) is 30.7 Å². The minimum Gasteiger partial charge on any atom is -0.308 e. The summed E-state index contributed by atoms with van der Waals surface area (Å²) in [6.45, 7) is 8.23. The summed E-state index contributed by atoms with van der Waals surface area (Å²) in [6.07, 6.45) is 4.55. The van der Waals surface area contributed by atoms with Gasteiger partial charge in [-0.2, -0.15) is 0 Å². The number of rotatable bonds is 9. The highest BCUT2D eigenvalue weighted by atomic mass is 32.1. The van der Waals surface area contributed by atoms with Crippen LogP contribution in [0.15, 0.2) is 207 Å². The fraction of sp³-hybridized carbons (Fsp3) is 0.0345. The number of para-hydroxylation sites is 1. The summed E-state index contributed by atoms with van der Waals surface area (Å²) in [5, 5.41) is 7.84. The van der Waals surface area contributed by atoms with Crippen molar-refractivity contribution in [2.45, 2.75) is 12.3 Å². The van der Waals surface area contributed by atoms with Crippen LogP contribution in [0.2, 0.25) is 0 Å². The van der Waals surface area contributed by atoms with Crippen LogP contribution in [-0.2, 0) is 0 Å². The van der Waals surface area contributed by atoms with Crippen LogP contribution in [0, 0.1) is 0 Å². The second kappa shape index (κ2) is 15.2. The lowest BCUT2D eigenvalue weighted by Gasteiger charge is -2.21. The second-order valence-electron chi connectivity index (χ2n) is 16.1. The van der Waals surface area contributed by atoms with Gasteiger partial charge in [0.1, 0.15) is 5.82 Å². The first-order valence-electron chi connectivity index (χ1n) is 21.3. The second-order valence-corrected chi connectivity index (χ2v) is 18.2. The molecule has 298 valence electrons. The van der Waals surface area contributed by atoms with E-state index in [0.717, 1.165) is 56.3 Å². The zero-order valence-electron chi connectivity index (χ0n) is 34.3. The Morgan fingerprint density at radius 3 is 1.71 bits per heavy atom. The molecule has 0 fully saturated rings. The average molecular weight is 842 g/mol. The van der Waals surface area contributed by atoms with Crippen LogP contribution >= 0.6 is 22.7 Å². The third kappa shape index (κ3) is 6.07. The molecule has 0 N–H and O–H groups in total. The molecule has 0 spiro atoms. The number of nitrogens with zero attached hydrogens (tertiary/aromatic N) is 3. The van der Waals surface area contributed by atoms with Gasteiger partial charge in [-0.25, -0.2) is 9.97 Å². The van der Waals surface area contributed by atoms with Gasteiger partial charge in [-0.15, -0.1) is 35.8 Å². The van der Waals surface area contributed by atoms with Gasteiger partial charge >= 0.3 is 0 Å². The third-order valence-electron chi connectivity index (χ3n) is 12.4.